The van der Waals surface area contributed by atoms with E-state index >= 15 is 0 Å². The molecule has 0 spiro atoms. The molecule has 2 aromatic carbocycles. The van der Waals surface area contributed by atoms with Crippen LogP contribution >= 0.6 is 0 Å². The van der Waals surface area contributed by atoms with Gasteiger partial charge in [0.1, 0.15) is 23.7 Å². The standard InChI is InChI=1S/C25H26N6O5/c1-33-22-9-16(10-23(34-2)24(22)35-3)20-11-21(28-27-20)25(32)30-13-18(14-30)31-12-17(26-29-31)15-36-19-7-5-4-6-8-19/h4-12,18H,13-15H2,1-3H3,(H,27,28). The summed E-state index contributed by atoms with van der Waals surface area (Å²) in [6.07, 6.45) is 1.86. The number of aromatic nitrogens is 5. The monoisotopic (exact) mass is 490 g/mol. The van der Waals surface area contributed by atoms with E-state index in [-0.39, 0.29) is 11.9 Å². The Balaban J connectivity index is 1.20. The first kappa shape index (κ1) is 23.2. The van der Waals surface area contributed by atoms with Crippen LogP contribution in [0.1, 0.15) is 22.2 Å². The maximum atomic E-state index is 13.0. The third kappa shape index (κ3) is 4.54. The number of likely N-dealkylation sites (tertiary alicyclic amines) is 1. The van der Waals surface area contributed by atoms with E-state index in [0.29, 0.717) is 48.3 Å². The fraction of sp³-hybridized carbons (Fsp3) is 0.280. The molecule has 186 valence electrons. The number of amides is 1. The van der Waals surface area contributed by atoms with Crippen molar-refractivity contribution >= 4 is 5.91 Å². The van der Waals surface area contributed by atoms with Gasteiger partial charge in [0.05, 0.1) is 39.3 Å². The minimum Gasteiger partial charge on any atom is -0.493 e. The topological polar surface area (TPSA) is 117 Å². The molecule has 1 amide bonds. The predicted octanol–water partition coefficient (Wildman–Crippen LogP) is 2.97. The third-order valence-electron chi connectivity index (χ3n) is 5.98. The number of para-hydroxylation sites is 1. The van der Waals surface area contributed by atoms with Gasteiger partial charge in [0.25, 0.3) is 5.91 Å². The molecule has 0 aliphatic carbocycles. The Hall–Kier alpha value is -4.54. The van der Waals surface area contributed by atoms with Crippen molar-refractivity contribution in [2.24, 2.45) is 0 Å². The Morgan fingerprint density at radius 1 is 1.03 bits per heavy atom. The molecular weight excluding hydrogens is 464 g/mol. The highest BCUT2D eigenvalue weighted by Crippen LogP contribution is 2.41. The molecule has 0 atom stereocenters. The van der Waals surface area contributed by atoms with E-state index in [9.17, 15) is 4.79 Å². The van der Waals surface area contributed by atoms with E-state index in [2.05, 4.69) is 20.5 Å². The zero-order valence-corrected chi connectivity index (χ0v) is 20.2. The highest BCUT2D eigenvalue weighted by Gasteiger charge is 2.34. The number of methoxy groups -OCH3 is 3. The number of H-pyrrole nitrogens is 1. The minimum absolute atomic E-state index is 0.0597. The van der Waals surface area contributed by atoms with Gasteiger partial charge in [-0.05, 0) is 30.3 Å². The summed E-state index contributed by atoms with van der Waals surface area (Å²) in [7, 11) is 4.65. The number of carbonyl (C=O) groups excluding carboxylic acids is 1. The van der Waals surface area contributed by atoms with Crippen molar-refractivity contribution in [3.05, 3.63) is 66.1 Å². The Morgan fingerprint density at radius 3 is 2.42 bits per heavy atom. The summed E-state index contributed by atoms with van der Waals surface area (Å²) in [6.45, 7) is 1.39. The number of ether oxygens (including phenoxy) is 4. The quantitative estimate of drug-likeness (QED) is 0.381. The lowest BCUT2D eigenvalue weighted by molar-refractivity contribution is 0.0492. The van der Waals surface area contributed by atoms with Gasteiger partial charge in [-0.15, -0.1) is 5.10 Å². The second-order valence-electron chi connectivity index (χ2n) is 8.24. The molecule has 0 bridgehead atoms. The number of nitrogens with one attached hydrogen (secondary N) is 1. The van der Waals surface area contributed by atoms with Gasteiger partial charge >= 0.3 is 0 Å². The molecule has 2 aromatic heterocycles. The van der Waals surface area contributed by atoms with Crippen LogP contribution in [0.15, 0.2) is 54.7 Å². The molecule has 11 heteroatoms. The van der Waals surface area contributed by atoms with Gasteiger partial charge in [-0.1, -0.05) is 23.4 Å². The molecule has 1 N–H and O–H groups in total. The fourth-order valence-corrected chi connectivity index (χ4v) is 4.00. The first-order valence-electron chi connectivity index (χ1n) is 11.3. The first-order valence-corrected chi connectivity index (χ1v) is 11.3. The summed E-state index contributed by atoms with van der Waals surface area (Å²) in [5.74, 6) is 2.15. The van der Waals surface area contributed by atoms with Gasteiger partial charge in [-0.25, -0.2) is 4.68 Å². The van der Waals surface area contributed by atoms with Crippen LogP contribution < -0.4 is 18.9 Å². The molecule has 0 radical (unpaired) electrons. The van der Waals surface area contributed by atoms with Gasteiger partial charge in [-0.3, -0.25) is 9.89 Å². The van der Waals surface area contributed by atoms with Crippen LogP contribution in [-0.4, -0.2) is 70.4 Å². The molecule has 1 fully saturated rings. The highest BCUT2D eigenvalue weighted by molar-refractivity contribution is 5.94. The minimum atomic E-state index is -0.134. The molecule has 36 heavy (non-hydrogen) atoms. The van der Waals surface area contributed by atoms with Gasteiger partial charge in [-0.2, -0.15) is 5.10 Å². The molecule has 1 aliphatic heterocycles. The van der Waals surface area contributed by atoms with Gasteiger partial charge in [0.2, 0.25) is 5.75 Å². The zero-order valence-electron chi connectivity index (χ0n) is 20.2. The number of hydrogen-bond donors (Lipinski definition) is 1. The Kier molecular flexibility index (Phi) is 6.44. The van der Waals surface area contributed by atoms with E-state index in [1.165, 1.54) is 0 Å². The van der Waals surface area contributed by atoms with Crippen molar-refractivity contribution in [2.45, 2.75) is 12.6 Å². The molecule has 0 saturated carbocycles. The SMILES string of the molecule is COc1cc(-c2cc(C(=O)N3CC(n4cc(COc5ccccc5)nn4)C3)[nH]n2)cc(OC)c1OC. The maximum Gasteiger partial charge on any atom is 0.272 e. The van der Waals surface area contributed by atoms with E-state index < -0.39 is 0 Å². The molecule has 0 unspecified atom stereocenters. The number of rotatable bonds is 9. The molecule has 5 rings (SSSR count). The van der Waals surface area contributed by atoms with Crippen molar-refractivity contribution in [3.8, 4) is 34.3 Å². The summed E-state index contributed by atoms with van der Waals surface area (Å²) in [4.78, 5) is 14.7. The summed E-state index contributed by atoms with van der Waals surface area (Å²) in [5.41, 5.74) is 2.45. The number of benzene rings is 2. The van der Waals surface area contributed by atoms with Crippen LogP contribution in [0.25, 0.3) is 11.3 Å². The van der Waals surface area contributed by atoms with Crippen molar-refractivity contribution < 1.29 is 23.7 Å². The highest BCUT2D eigenvalue weighted by atomic mass is 16.5. The van der Waals surface area contributed by atoms with E-state index in [4.69, 9.17) is 18.9 Å². The van der Waals surface area contributed by atoms with Crippen LogP contribution in [-0.2, 0) is 6.61 Å². The number of nitrogens with zero attached hydrogens (tertiary/aromatic N) is 5. The summed E-state index contributed by atoms with van der Waals surface area (Å²) < 4.78 is 23.7. The lowest BCUT2D eigenvalue weighted by Crippen LogP contribution is -2.51. The Labute approximate surface area is 207 Å². The van der Waals surface area contributed by atoms with Gasteiger partial charge in [0.15, 0.2) is 11.5 Å². The normalized spacial score (nSPS) is 13.2. The van der Waals surface area contributed by atoms with Crippen LogP contribution in [0.2, 0.25) is 0 Å². The number of hydrogen-bond acceptors (Lipinski definition) is 8. The van der Waals surface area contributed by atoms with Crippen molar-refractivity contribution in [2.75, 3.05) is 34.4 Å². The average molecular weight is 491 g/mol. The van der Waals surface area contributed by atoms with Gasteiger partial charge in [0, 0.05) is 18.7 Å². The van der Waals surface area contributed by atoms with Crippen molar-refractivity contribution in [1.29, 1.82) is 0 Å². The molecule has 1 saturated heterocycles. The maximum absolute atomic E-state index is 13.0. The fourth-order valence-electron chi connectivity index (χ4n) is 4.00. The molecule has 4 aromatic rings. The Morgan fingerprint density at radius 2 is 1.75 bits per heavy atom. The summed E-state index contributed by atoms with van der Waals surface area (Å²) in [6, 6.07) is 14.9. The van der Waals surface area contributed by atoms with E-state index in [1.54, 1.807) is 49.1 Å². The lowest BCUT2D eigenvalue weighted by Gasteiger charge is -2.38. The zero-order chi connectivity index (χ0) is 25.1. The first-order chi connectivity index (χ1) is 17.6. The van der Waals surface area contributed by atoms with E-state index in [1.807, 2.05) is 36.5 Å². The van der Waals surface area contributed by atoms with Crippen LogP contribution in [0.3, 0.4) is 0 Å². The molecule has 3 heterocycles. The molecule has 1 aliphatic rings. The van der Waals surface area contributed by atoms with Crippen molar-refractivity contribution in [3.63, 3.8) is 0 Å². The second-order valence-corrected chi connectivity index (χ2v) is 8.24. The summed E-state index contributed by atoms with van der Waals surface area (Å²) in [5, 5.41) is 15.5. The van der Waals surface area contributed by atoms with Crippen LogP contribution in [0.5, 0.6) is 23.0 Å². The smallest absolute Gasteiger partial charge is 0.272 e. The largest absolute Gasteiger partial charge is 0.493 e. The number of aromatic amines is 1. The predicted molar refractivity (Wildman–Crippen MR) is 129 cm³/mol. The molecule has 11 nitrogen and oxygen atoms in total. The van der Waals surface area contributed by atoms with Crippen molar-refractivity contribution in [1.82, 2.24) is 30.1 Å². The summed E-state index contributed by atoms with van der Waals surface area (Å²) >= 11 is 0. The van der Waals surface area contributed by atoms with Crippen LogP contribution in [0.4, 0.5) is 0 Å². The average Bonchev–Trinajstić information content (AvgIpc) is 3.56. The Bertz CT molecular complexity index is 1320. The second kappa shape index (κ2) is 9.98. The number of carbonyl (C=O) groups is 1. The third-order valence-corrected chi connectivity index (χ3v) is 5.98. The van der Waals surface area contributed by atoms with Crippen LogP contribution in [0, 0.1) is 0 Å². The molecular formula is C25H26N6O5. The van der Waals surface area contributed by atoms with Gasteiger partial charge < -0.3 is 23.8 Å². The van der Waals surface area contributed by atoms with E-state index in [0.717, 1.165) is 17.0 Å². The lowest BCUT2D eigenvalue weighted by atomic mass is 10.1.